The Labute approximate surface area is 155 Å². The summed E-state index contributed by atoms with van der Waals surface area (Å²) in [5.74, 6) is 1.55. The monoisotopic (exact) mass is 356 g/mol. The normalized spacial score (nSPS) is 10.6. The van der Waals surface area contributed by atoms with Gasteiger partial charge in [0, 0.05) is 24.7 Å². The first kappa shape index (κ1) is 19.8. The van der Waals surface area contributed by atoms with Gasteiger partial charge in [-0.3, -0.25) is 9.69 Å². The maximum Gasteiger partial charge on any atom is 0.234 e. The Kier molecular flexibility index (Phi) is 7.96. The van der Waals surface area contributed by atoms with E-state index >= 15 is 0 Å². The van der Waals surface area contributed by atoms with Crippen molar-refractivity contribution in [2.24, 2.45) is 0 Å². The molecule has 0 bridgehead atoms. The third kappa shape index (κ3) is 6.41. The minimum atomic E-state index is 0.0352. The largest absolute Gasteiger partial charge is 0.497 e. The molecule has 0 saturated heterocycles. The summed E-state index contributed by atoms with van der Waals surface area (Å²) in [5.41, 5.74) is 2.32. The number of aryl methyl sites for hydroxylation is 1. The summed E-state index contributed by atoms with van der Waals surface area (Å²) in [6.07, 6.45) is 1.91. The van der Waals surface area contributed by atoms with E-state index in [2.05, 4.69) is 17.4 Å². The van der Waals surface area contributed by atoms with Gasteiger partial charge in [0.1, 0.15) is 11.5 Å². The van der Waals surface area contributed by atoms with Gasteiger partial charge in [-0.25, -0.2) is 0 Å². The quantitative estimate of drug-likeness (QED) is 0.665. The van der Waals surface area contributed by atoms with Crippen molar-refractivity contribution >= 4 is 5.91 Å². The first-order valence-electron chi connectivity index (χ1n) is 8.82. The third-order valence-electron chi connectivity index (χ3n) is 4.16. The number of hydrogen-bond donors (Lipinski definition) is 1. The molecule has 0 aromatic heterocycles. The number of ether oxygens (including phenoxy) is 2. The lowest BCUT2D eigenvalue weighted by Crippen LogP contribution is -2.35. The molecule has 26 heavy (non-hydrogen) atoms. The molecule has 2 aromatic rings. The zero-order valence-electron chi connectivity index (χ0n) is 15.8. The molecule has 140 valence electrons. The van der Waals surface area contributed by atoms with E-state index in [0.29, 0.717) is 19.6 Å². The van der Waals surface area contributed by atoms with Gasteiger partial charge in [-0.1, -0.05) is 36.4 Å². The predicted molar refractivity (Wildman–Crippen MR) is 104 cm³/mol. The highest BCUT2D eigenvalue weighted by Gasteiger charge is 2.11. The van der Waals surface area contributed by atoms with Crippen LogP contribution in [0.4, 0.5) is 0 Å². The fourth-order valence-electron chi connectivity index (χ4n) is 2.80. The second-order valence-corrected chi connectivity index (χ2v) is 6.29. The number of rotatable bonds is 10. The SMILES string of the molecule is COc1ccc(CN(C)CC(=O)NCCCc2ccccc2)c(OC)c1. The van der Waals surface area contributed by atoms with Crippen LogP contribution in [0.15, 0.2) is 48.5 Å². The van der Waals surface area contributed by atoms with E-state index in [9.17, 15) is 4.79 Å². The van der Waals surface area contributed by atoms with Crippen LogP contribution in [-0.2, 0) is 17.8 Å². The van der Waals surface area contributed by atoms with E-state index < -0.39 is 0 Å². The second kappa shape index (κ2) is 10.5. The molecule has 2 aromatic carbocycles. The Morgan fingerprint density at radius 2 is 1.85 bits per heavy atom. The zero-order chi connectivity index (χ0) is 18.8. The zero-order valence-corrected chi connectivity index (χ0v) is 15.8. The molecule has 5 heteroatoms. The number of methoxy groups -OCH3 is 2. The van der Waals surface area contributed by atoms with Crippen molar-refractivity contribution in [1.29, 1.82) is 0 Å². The molecule has 0 heterocycles. The average molecular weight is 356 g/mol. The van der Waals surface area contributed by atoms with Gasteiger partial charge in [-0.15, -0.1) is 0 Å². The maximum atomic E-state index is 12.1. The van der Waals surface area contributed by atoms with E-state index in [1.807, 2.05) is 48.3 Å². The Hall–Kier alpha value is -2.53. The Bertz CT molecular complexity index is 689. The Morgan fingerprint density at radius 3 is 2.54 bits per heavy atom. The molecule has 0 saturated carbocycles. The topological polar surface area (TPSA) is 50.8 Å². The summed E-state index contributed by atoms with van der Waals surface area (Å²) in [4.78, 5) is 14.1. The number of carbonyl (C=O) groups excluding carboxylic acids is 1. The van der Waals surface area contributed by atoms with E-state index in [4.69, 9.17) is 9.47 Å². The molecular formula is C21H28N2O3. The van der Waals surface area contributed by atoms with E-state index in [1.54, 1.807) is 14.2 Å². The van der Waals surface area contributed by atoms with Gasteiger partial charge in [0.15, 0.2) is 0 Å². The van der Waals surface area contributed by atoms with Crippen LogP contribution >= 0.6 is 0 Å². The molecule has 1 amide bonds. The molecule has 0 aliphatic carbocycles. The van der Waals surface area contributed by atoms with Gasteiger partial charge in [0.2, 0.25) is 5.91 Å². The van der Waals surface area contributed by atoms with Gasteiger partial charge in [-0.2, -0.15) is 0 Å². The first-order chi connectivity index (χ1) is 12.6. The minimum Gasteiger partial charge on any atom is -0.497 e. The van der Waals surface area contributed by atoms with Crippen LogP contribution in [0.1, 0.15) is 17.5 Å². The summed E-state index contributed by atoms with van der Waals surface area (Å²) in [5, 5.41) is 2.98. The summed E-state index contributed by atoms with van der Waals surface area (Å²) < 4.78 is 10.6. The molecule has 0 spiro atoms. The van der Waals surface area contributed by atoms with Crippen molar-refractivity contribution in [3.63, 3.8) is 0 Å². The number of hydrogen-bond acceptors (Lipinski definition) is 4. The number of nitrogens with zero attached hydrogens (tertiary/aromatic N) is 1. The molecule has 2 rings (SSSR count). The van der Waals surface area contributed by atoms with E-state index in [-0.39, 0.29) is 5.91 Å². The molecule has 0 atom stereocenters. The Morgan fingerprint density at radius 1 is 1.08 bits per heavy atom. The second-order valence-electron chi connectivity index (χ2n) is 6.29. The number of likely N-dealkylation sites (N-methyl/N-ethyl adjacent to an activating group) is 1. The predicted octanol–water partition coefficient (Wildman–Crippen LogP) is 2.88. The van der Waals surface area contributed by atoms with Crippen molar-refractivity contribution in [2.75, 3.05) is 34.4 Å². The maximum absolute atomic E-state index is 12.1. The standard InChI is InChI=1S/C21H28N2O3/c1-23(15-18-11-12-19(25-2)14-20(18)26-3)16-21(24)22-13-7-10-17-8-5-4-6-9-17/h4-6,8-9,11-12,14H,7,10,13,15-16H2,1-3H3,(H,22,24). The van der Waals surface area contributed by atoms with Gasteiger partial charge >= 0.3 is 0 Å². The average Bonchev–Trinajstić information content (AvgIpc) is 2.66. The molecule has 0 fully saturated rings. The first-order valence-corrected chi connectivity index (χ1v) is 8.82. The molecule has 5 nitrogen and oxygen atoms in total. The van der Waals surface area contributed by atoms with E-state index in [0.717, 1.165) is 29.9 Å². The van der Waals surface area contributed by atoms with Crippen LogP contribution in [0.3, 0.4) is 0 Å². The molecule has 0 aliphatic heterocycles. The molecule has 0 aliphatic rings. The van der Waals surface area contributed by atoms with Crippen molar-refractivity contribution < 1.29 is 14.3 Å². The Balaban J connectivity index is 1.73. The van der Waals surface area contributed by atoms with Gasteiger partial charge in [-0.05, 0) is 31.5 Å². The van der Waals surface area contributed by atoms with Crippen LogP contribution in [-0.4, -0.2) is 45.2 Å². The smallest absolute Gasteiger partial charge is 0.234 e. The van der Waals surface area contributed by atoms with Crippen molar-refractivity contribution in [3.8, 4) is 11.5 Å². The van der Waals surface area contributed by atoms with Crippen LogP contribution in [0.5, 0.6) is 11.5 Å². The van der Waals surface area contributed by atoms with Gasteiger partial charge < -0.3 is 14.8 Å². The van der Waals surface area contributed by atoms with Crippen LogP contribution in [0, 0.1) is 0 Å². The number of nitrogens with one attached hydrogen (secondary N) is 1. The number of carbonyl (C=O) groups is 1. The minimum absolute atomic E-state index is 0.0352. The van der Waals surface area contributed by atoms with E-state index in [1.165, 1.54) is 5.56 Å². The molecular weight excluding hydrogens is 328 g/mol. The van der Waals surface area contributed by atoms with Crippen LogP contribution in [0.2, 0.25) is 0 Å². The highest BCUT2D eigenvalue weighted by Crippen LogP contribution is 2.25. The molecule has 1 N–H and O–H groups in total. The highest BCUT2D eigenvalue weighted by molar-refractivity contribution is 5.77. The van der Waals surface area contributed by atoms with Crippen LogP contribution < -0.4 is 14.8 Å². The summed E-state index contributed by atoms with van der Waals surface area (Å²) in [6, 6.07) is 16.0. The fourth-order valence-corrected chi connectivity index (χ4v) is 2.80. The lowest BCUT2D eigenvalue weighted by Gasteiger charge is -2.18. The summed E-state index contributed by atoms with van der Waals surface area (Å²) in [6.45, 7) is 1.67. The van der Waals surface area contributed by atoms with Crippen LogP contribution in [0.25, 0.3) is 0 Å². The molecule has 0 radical (unpaired) electrons. The summed E-state index contributed by atoms with van der Waals surface area (Å²) >= 11 is 0. The third-order valence-corrected chi connectivity index (χ3v) is 4.16. The van der Waals surface area contributed by atoms with Crippen molar-refractivity contribution in [3.05, 3.63) is 59.7 Å². The number of amides is 1. The summed E-state index contributed by atoms with van der Waals surface area (Å²) in [7, 11) is 5.19. The fraction of sp³-hybridized carbons (Fsp3) is 0.381. The number of benzene rings is 2. The van der Waals surface area contributed by atoms with Crippen molar-refractivity contribution in [2.45, 2.75) is 19.4 Å². The van der Waals surface area contributed by atoms with Gasteiger partial charge in [0.25, 0.3) is 0 Å². The van der Waals surface area contributed by atoms with Gasteiger partial charge in [0.05, 0.1) is 20.8 Å². The lowest BCUT2D eigenvalue weighted by atomic mass is 10.1. The molecule has 0 unspecified atom stereocenters. The lowest BCUT2D eigenvalue weighted by molar-refractivity contribution is -0.122. The highest BCUT2D eigenvalue weighted by atomic mass is 16.5. The van der Waals surface area contributed by atoms with Crippen molar-refractivity contribution in [1.82, 2.24) is 10.2 Å².